The third kappa shape index (κ3) is 6.17. The van der Waals surface area contributed by atoms with Crippen molar-refractivity contribution in [1.82, 2.24) is 13.9 Å². The molecule has 0 aromatic heterocycles. The molecule has 0 aromatic carbocycles. The van der Waals surface area contributed by atoms with E-state index in [0.717, 1.165) is 25.9 Å². The van der Waals surface area contributed by atoms with Crippen LogP contribution in [0.25, 0.3) is 0 Å². The van der Waals surface area contributed by atoms with Gasteiger partial charge in [-0.15, -0.1) is 12.4 Å². The first-order chi connectivity index (χ1) is 10.5. The second kappa shape index (κ2) is 9.75. The summed E-state index contributed by atoms with van der Waals surface area (Å²) in [6, 6.07) is -0.536. The number of morpholine rings is 1. The lowest BCUT2D eigenvalue weighted by Gasteiger charge is -2.26. The van der Waals surface area contributed by atoms with Crippen LogP contribution in [0.3, 0.4) is 0 Å². The minimum Gasteiger partial charge on any atom is -0.379 e. The van der Waals surface area contributed by atoms with E-state index in [1.807, 2.05) is 0 Å². The fourth-order valence-corrected chi connectivity index (χ4v) is 3.91. The predicted molar refractivity (Wildman–Crippen MR) is 89.6 cm³/mol. The minimum atomic E-state index is -3.45. The van der Waals surface area contributed by atoms with Gasteiger partial charge in [-0.3, -0.25) is 4.79 Å². The van der Waals surface area contributed by atoms with Gasteiger partial charge in [0.05, 0.1) is 19.3 Å². The summed E-state index contributed by atoms with van der Waals surface area (Å²) in [4.78, 5) is 13.8. The van der Waals surface area contributed by atoms with Crippen molar-refractivity contribution in [3.05, 3.63) is 0 Å². The summed E-state index contributed by atoms with van der Waals surface area (Å²) in [5, 5.41) is 0. The average molecular weight is 371 g/mol. The van der Waals surface area contributed by atoms with E-state index in [0.29, 0.717) is 45.7 Å². The number of nitrogens with two attached hydrogens (primary N) is 1. The Kier molecular flexibility index (Phi) is 8.73. The lowest BCUT2D eigenvalue weighted by atomic mass is 10.1. The molecule has 0 spiro atoms. The van der Waals surface area contributed by atoms with Gasteiger partial charge in [-0.2, -0.15) is 12.7 Å². The molecule has 0 aromatic rings. The molecule has 2 rings (SSSR count). The lowest BCUT2D eigenvalue weighted by Crippen LogP contribution is -2.47. The molecule has 8 nitrogen and oxygen atoms in total. The summed E-state index contributed by atoms with van der Waals surface area (Å²) in [5.41, 5.74) is 5.89. The van der Waals surface area contributed by atoms with E-state index in [1.165, 1.54) is 4.31 Å². The molecule has 2 fully saturated rings. The third-order valence-corrected chi connectivity index (χ3v) is 5.64. The highest BCUT2D eigenvalue weighted by molar-refractivity contribution is 7.87. The fourth-order valence-electron chi connectivity index (χ4n) is 2.70. The predicted octanol–water partition coefficient (Wildman–Crippen LogP) is -0.695. The Morgan fingerprint density at radius 2 is 1.78 bits per heavy atom. The normalized spacial score (nSPS) is 21.0. The molecular weight excluding hydrogens is 344 g/mol. The zero-order chi connectivity index (χ0) is 16.0. The van der Waals surface area contributed by atoms with Crippen LogP contribution in [-0.4, -0.2) is 75.5 Å². The molecule has 0 radical (unpaired) electrons. The maximum Gasteiger partial charge on any atom is 0.279 e. The number of hydrogen-bond acceptors (Lipinski definition) is 5. The van der Waals surface area contributed by atoms with Gasteiger partial charge in [-0.05, 0) is 25.7 Å². The summed E-state index contributed by atoms with van der Waals surface area (Å²) < 4.78 is 33.1. The first-order valence-electron chi connectivity index (χ1n) is 7.87. The van der Waals surface area contributed by atoms with Crippen LogP contribution in [0.15, 0.2) is 0 Å². The van der Waals surface area contributed by atoms with Gasteiger partial charge in [-0.25, -0.2) is 4.72 Å². The van der Waals surface area contributed by atoms with Crippen LogP contribution in [0, 0.1) is 0 Å². The monoisotopic (exact) mass is 370 g/mol. The van der Waals surface area contributed by atoms with Crippen LogP contribution in [-0.2, 0) is 19.7 Å². The Morgan fingerprint density at radius 1 is 1.17 bits per heavy atom. The summed E-state index contributed by atoms with van der Waals surface area (Å²) in [6.45, 7) is 3.48. The minimum absolute atomic E-state index is 0. The number of amides is 1. The molecule has 3 N–H and O–H groups in total. The number of rotatable bonds is 7. The highest BCUT2D eigenvalue weighted by Gasteiger charge is 2.25. The number of likely N-dealkylation sites (tertiary alicyclic amines) is 1. The molecule has 10 heteroatoms. The van der Waals surface area contributed by atoms with Crippen molar-refractivity contribution in [2.24, 2.45) is 5.73 Å². The second-order valence-corrected chi connectivity index (χ2v) is 7.45. The Labute approximate surface area is 144 Å². The van der Waals surface area contributed by atoms with Crippen LogP contribution in [0.1, 0.15) is 25.7 Å². The van der Waals surface area contributed by atoms with Crippen molar-refractivity contribution in [2.75, 3.05) is 45.9 Å². The van der Waals surface area contributed by atoms with Gasteiger partial charge in [0, 0.05) is 32.7 Å². The van der Waals surface area contributed by atoms with Gasteiger partial charge in [-0.1, -0.05) is 0 Å². The molecule has 2 heterocycles. The number of nitrogens with zero attached hydrogens (tertiary/aromatic N) is 2. The Balaban J connectivity index is 0.00000264. The maximum absolute atomic E-state index is 12.0. The maximum atomic E-state index is 12.0. The largest absolute Gasteiger partial charge is 0.379 e. The molecule has 0 aliphatic carbocycles. The van der Waals surface area contributed by atoms with E-state index in [9.17, 15) is 13.2 Å². The second-order valence-electron chi connectivity index (χ2n) is 5.69. The van der Waals surface area contributed by atoms with E-state index < -0.39 is 16.3 Å². The summed E-state index contributed by atoms with van der Waals surface area (Å²) in [7, 11) is -3.45. The van der Waals surface area contributed by atoms with Crippen molar-refractivity contribution in [2.45, 2.75) is 31.7 Å². The highest BCUT2D eigenvalue weighted by Crippen LogP contribution is 2.10. The van der Waals surface area contributed by atoms with Crippen LogP contribution >= 0.6 is 12.4 Å². The smallest absolute Gasteiger partial charge is 0.279 e. The zero-order valence-electron chi connectivity index (χ0n) is 13.3. The number of carbonyl (C=O) groups excluding carboxylic acids is 1. The molecule has 1 atom stereocenters. The molecular formula is C13H27ClN4O4S. The van der Waals surface area contributed by atoms with Gasteiger partial charge in [0.15, 0.2) is 0 Å². The molecule has 0 bridgehead atoms. The number of hydrogen-bond donors (Lipinski definition) is 2. The van der Waals surface area contributed by atoms with E-state index in [4.69, 9.17) is 10.5 Å². The first kappa shape index (κ1) is 20.6. The Hall–Kier alpha value is -0.450. The standard InChI is InChI=1S/C13H26N4O4S.ClH/c14-12(13(18)16-6-1-2-7-16)4-3-5-15-22(19,20)17-8-10-21-11-9-17;/h12,15H,1-11,14H2;1H. The number of ether oxygens (including phenoxy) is 1. The molecule has 0 saturated carbocycles. The van der Waals surface area contributed by atoms with Crippen LogP contribution < -0.4 is 10.5 Å². The van der Waals surface area contributed by atoms with Crippen molar-refractivity contribution in [3.63, 3.8) is 0 Å². The third-order valence-electron chi connectivity index (χ3n) is 4.02. The topological polar surface area (TPSA) is 105 Å². The molecule has 23 heavy (non-hydrogen) atoms. The van der Waals surface area contributed by atoms with Crippen molar-refractivity contribution in [1.29, 1.82) is 0 Å². The van der Waals surface area contributed by atoms with Crippen LogP contribution in [0.4, 0.5) is 0 Å². The van der Waals surface area contributed by atoms with Crippen molar-refractivity contribution in [3.8, 4) is 0 Å². The van der Waals surface area contributed by atoms with E-state index in [-0.39, 0.29) is 18.3 Å². The van der Waals surface area contributed by atoms with Crippen LogP contribution in [0.5, 0.6) is 0 Å². The molecule has 1 amide bonds. The SMILES string of the molecule is Cl.NC(CCCNS(=O)(=O)N1CCOCC1)C(=O)N1CCCC1. The number of halogens is 1. The highest BCUT2D eigenvalue weighted by atomic mass is 35.5. The first-order valence-corrected chi connectivity index (χ1v) is 9.31. The fraction of sp³-hybridized carbons (Fsp3) is 0.923. The number of nitrogens with one attached hydrogen (secondary N) is 1. The Bertz CT molecular complexity index is 465. The number of carbonyl (C=O) groups is 1. The summed E-state index contributed by atoms with van der Waals surface area (Å²) >= 11 is 0. The van der Waals surface area contributed by atoms with E-state index in [2.05, 4.69) is 4.72 Å². The van der Waals surface area contributed by atoms with Gasteiger partial charge in [0.2, 0.25) is 5.91 Å². The van der Waals surface area contributed by atoms with Crippen molar-refractivity contribution < 1.29 is 17.9 Å². The zero-order valence-corrected chi connectivity index (χ0v) is 14.9. The van der Waals surface area contributed by atoms with Crippen molar-refractivity contribution >= 4 is 28.5 Å². The quantitative estimate of drug-likeness (QED) is 0.577. The molecule has 2 aliphatic rings. The molecule has 136 valence electrons. The van der Waals surface area contributed by atoms with Gasteiger partial charge >= 0.3 is 0 Å². The summed E-state index contributed by atoms with van der Waals surface area (Å²) in [6.07, 6.45) is 3.11. The summed E-state index contributed by atoms with van der Waals surface area (Å²) in [5.74, 6) is -0.0199. The van der Waals surface area contributed by atoms with E-state index in [1.54, 1.807) is 4.90 Å². The van der Waals surface area contributed by atoms with Gasteiger partial charge in [0.1, 0.15) is 0 Å². The molecule has 2 aliphatic heterocycles. The Morgan fingerprint density at radius 3 is 2.39 bits per heavy atom. The van der Waals surface area contributed by atoms with Crippen LogP contribution in [0.2, 0.25) is 0 Å². The molecule has 2 saturated heterocycles. The molecule has 1 unspecified atom stereocenters. The lowest BCUT2D eigenvalue weighted by molar-refractivity contribution is -0.131. The van der Waals surface area contributed by atoms with Gasteiger partial charge in [0.25, 0.3) is 10.2 Å². The van der Waals surface area contributed by atoms with E-state index >= 15 is 0 Å². The van der Waals surface area contributed by atoms with Gasteiger partial charge < -0.3 is 15.4 Å². The average Bonchev–Trinajstić information content (AvgIpc) is 3.06.